The Kier molecular flexibility index (Phi) is 36.1. The lowest BCUT2D eigenvalue weighted by Crippen LogP contribution is -2.57. The van der Waals surface area contributed by atoms with Crippen LogP contribution < -0.4 is 16.0 Å². The molecule has 0 spiro atoms. The Morgan fingerprint density at radius 2 is 0.725 bits per heavy atom. The maximum absolute atomic E-state index is 12.9. The molecule has 0 aliphatic carbocycles. The molecule has 0 bridgehead atoms. The monoisotopic (exact) mass is 1150 g/mol. The Labute approximate surface area is 462 Å². The van der Waals surface area contributed by atoms with Gasteiger partial charge in [-0.05, 0) is 51.4 Å². The van der Waals surface area contributed by atoms with Gasteiger partial charge >= 0.3 is 53.7 Å². The van der Waals surface area contributed by atoms with Crippen molar-refractivity contribution < 1.29 is 118 Å². The summed E-state index contributed by atoms with van der Waals surface area (Å²) in [6.45, 7) is 4.37. The first-order valence-corrected chi connectivity index (χ1v) is 25.9. The number of Topliss-reactive ketones (excluding diaryl/α,β-unsaturated/α-hetero) is 1. The summed E-state index contributed by atoms with van der Waals surface area (Å²) < 4.78 is 18.0. The third-order valence-corrected chi connectivity index (χ3v) is 12.0. The summed E-state index contributed by atoms with van der Waals surface area (Å²) in [6, 6.07) is -4.16. The predicted molar refractivity (Wildman–Crippen MR) is 277 cm³/mol. The van der Waals surface area contributed by atoms with E-state index in [-0.39, 0.29) is 136 Å². The van der Waals surface area contributed by atoms with Gasteiger partial charge in [0.2, 0.25) is 11.8 Å². The second-order valence-corrected chi connectivity index (χ2v) is 20.0. The van der Waals surface area contributed by atoms with E-state index in [1.165, 1.54) is 0 Å². The number of amides is 2. The third kappa shape index (κ3) is 34.9. The number of unbranched alkanes of at least 4 members (excludes halogenated alkanes) is 4. The van der Waals surface area contributed by atoms with Crippen molar-refractivity contribution in [2.45, 2.75) is 134 Å². The van der Waals surface area contributed by atoms with E-state index < -0.39 is 134 Å². The predicted octanol–water partition coefficient (Wildman–Crippen LogP) is -0.0395. The van der Waals surface area contributed by atoms with Crippen LogP contribution in [-0.4, -0.2) is 248 Å². The Morgan fingerprint density at radius 3 is 1.01 bits per heavy atom. The minimum Gasteiger partial charge on any atom is -0.480 e. The smallest absolute Gasteiger partial charge is 0.320 e. The number of allylic oxidation sites excluding steroid dienone is 1. The Balaban J connectivity index is 5.85. The molecule has 0 aliphatic rings. The van der Waals surface area contributed by atoms with E-state index in [1.54, 1.807) is 0 Å². The number of carbonyl (C=O) groups is 12. The van der Waals surface area contributed by atoms with E-state index in [2.05, 4.69) is 22.5 Å². The highest BCUT2D eigenvalue weighted by Gasteiger charge is 2.36. The van der Waals surface area contributed by atoms with E-state index >= 15 is 0 Å². The van der Waals surface area contributed by atoms with Crippen molar-refractivity contribution in [1.82, 2.24) is 30.7 Å². The van der Waals surface area contributed by atoms with Crippen LogP contribution in [0.25, 0.3) is 0 Å². The van der Waals surface area contributed by atoms with Crippen molar-refractivity contribution in [2.24, 2.45) is 5.41 Å². The van der Waals surface area contributed by atoms with Crippen LogP contribution in [0.5, 0.6) is 0 Å². The molecule has 0 fully saturated rings. The molecule has 80 heavy (non-hydrogen) atoms. The number of hydrogen-bond donors (Lipinski definition) is 12. The maximum atomic E-state index is 12.9. The average molecular weight is 1150 g/mol. The molecule has 0 aromatic carbocycles. The number of nitrogens with zero attached hydrogens (tertiary/aromatic N) is 3. The highest BCUT2D eigenvalue weighted by atomic mass is 16.5. The minimum atomic E-state index is -1.40. The normalized spacial score (nSPS) is 13.4. The van der Waals surface area contributed by atoms with E-state index in [9.17, 15) is 72.9 Å². The summed E-state index contributed by atoms with van der Waals surface area (Å²) in [5, 5.41) is 92.4. The van der Waals surface area contributed by atoms with E-state index in [0.29, 0.717) is 18.5 Å². The van der Waals surface area contributed by atoms with Gasteiger partial charge in [0.05, 0.1) is 78.9 Å². The van der Waals surface area contributed by atoms with Gasteiger partial charge in [-0.25, -0.2) is 0 Å². The molecule has 0 aliphatic heterocycles. The standard InChI is InChI=1S/C50H82N6O24/c1-33(49(2,3)4)53-50(30-78-21-16-34(57)12-6-5-7-13-35(46(72)73)54(24-40(60)61)25-41(62)63,31-79-22-17-38(58)51-19-10-8-14-36(47(74)75)55(26-42(64)65)27-43(66)67)32-80-23-18-39(59)52-20-11-9-15-37(48(76)77)56(28-44(68)69)29-45(70)71/h35-37,53H,1,5-32H2,2-4H3,(H,51,58)(H,52,59)(H,60,61)(H,62,63)(H,64,65)(H,66,67)(H,68,69)(H,70,71)(H,72,73)(H,74,75)(H,76,77). The lowest BCUT2D eigenvalue weighted by molar-refractivity contribution is -0.152. The summed E-state index contributed by atoms with van der Waals surface area (Å²) in [6.07, 6.45) is 1.49. The molecule has 30 heteroatoms. The maximum Gasteiger partial charge on any atom is 0.320 e. The first-order chi connectivity index (χ1) is 37.4. The molecule has 0 saturated heterocycles. The number of ether oxygens (including phenoxy) is 3. The zero-order valence-corrected chi connectivity index (χ0v) is 45.7. The van der Waals surface area contributed by atoms with E-state index in [1.807, 2.05) is 20.8 Å². The lowest BCUT2D eigenvalue weighted by atomic mass is 9.90. The fraction of sp³-hybridized carbons (Fsp3) is 0.720. The topological polar surface area (TPSA) is 460 Å². The lowest BCUT2D eigenvalue weighted by Gasteiger charge is -2.39. The average Bonchev–Trinajstić information content (AvgIpc) is 3.31. The van der Waals surface area contributed by atoms with Crippen molar-refractivity contribution in [1.29, 1.82) is 0 Å². The van der Waals surface area contributed by atoms with Crippen LogP contribution in [0.3, 0.4) is 0 Å². The number of ketones is 1. The molecular weight excluding hydrogens is 1070 g/mol. The van der Waals surface area contributed by atoms with Gasteiger partial charge in [0.1, 0.15) is 29.4 Å². The van der Waals surface area contributed by atoms with Gasteiger partial charge < -0.3 is 76.1 Å². The van der Waals surface area contributed by atoms with Crippen molar-refractivity contribution >= 4 is 71.3 Å². The number of rotatable bonds is 51. The summed E-state index contributed by atoms with van der Waals surface area (Å²) in [4.78, 5) is 144. The fourth-order valence-corrected chi connectivity index (χ4v) is 7.84. The van der Waals surface area contributed by atoms with Gasteiger partial charge in [0.15, 0.2) is 0 Å². The highest BCUT2D eigenvalue weighted by Crippen LogP contribution is 2.25. The van der Waals surface area contributed by atoms with Gasteiger partial charge in [0.25, 0.3) is 0 Å². The molecule has 3 unspecified atom stereocenters. The van der Waals surface area contributed by atoms with Crippen LogP contribution in [-0.2, 0) is 71.7 Å². The molecule has 456 valence electrons. The molecule has 0 heterocycles. The van der Waals surface area contributed by atoms with Gasteiger partial charge in [-0.3, -0.25) is 72.2 Å². The summed E-state index contributed by atoms with van der Waals surface area (Å²) in [7, 11) is 0. The molecule has 0 saturated carbocycles. The van der Waals surface area contributed by atoms with Crippen molar-refractivity contribution in [3.63, 3.8) is 0 Å². The molecular formula is C50H82N6O24. The van der Waals surface area contributed by atoms with Crippen LogP contribution in [0.1, 0.15) is 111 Å². The second-order valence-electron chi connectivity index (χ2n) is 20.0. The number of nitrogens with one attached hydrogen (secondary N) is 3. The number of hydrogen-bond acceptors (Lipinski definition) is 19. The minimum absolute atomic E-state index is 0.0408. The van der Waals surface area contributed by atoms with Crippen molar-refractivity contribution in [3.05, 3.63) is 12.3 Å². The summed E-state index contributed by atoms with van der Waals surface area (Å²) in [5.74, 6) is -13.6. The molecule has 12 N–H and O–H groups in total. The molecule has 3 atom stereocenters. The number of carbonyl (C=O) groups excluding carboxylic acids is 3. The molecule has 0 aromatic heterocycles. The van der Waals surface area contributed by atoms with Crippen LogP contribution in [0.15, 0.2) is 12.3 Å². The first-order valence-electron chi connectivity index (χ1n) is 25.9. The van der Waals surface area contributed by atoms with E-state index in [0.717, 1.165) is 14.7 Å². The van der Waals surface area contributed by atoms with Gasteiger partial charge in [-0.1, -0.05) is 40.2 Å². The third-order valence-electron chi connectivity index (χ3n) is 12.0. The van der Waals surface area contributed by atoms with Gasteiger partial charge in [-0.2, -0.15) is 0 Å². The van der Waals surface area contributed by atoms with Crippen LogP contribution in [0, 0.1) is 5.41 Å². The molecule has 0 radical (unpaired) electrons. The van der Waals surface area contributed by atoms with Gasteiger partial charge in [0, 0.05) is 49.9 Å². The zero-order valence-electron chi connectivity index (χ0n) is 45.7. The number of carboxylic acid groups (broad SMARTS) is 9. The van der Waals surface area contributed by atoms with Gasteiger partial charge in [-0.15, -0.1) is 0 Å². The SMILES string of the molecule is C=C(NC(COCCC(=O)CCCCCC(C(=O)O)N(CC(=O)O)CC(=O)O)(COCCC(=O)NCCCCC(C(=O)O)N(CC(=O)O)CC(=O)O)COCCC(=O)NCCCCC(C(=O)O)N(CC(=O)O)CC(=O)O)C(C)(C)C. The first kappa shape index (κ1) is 73.1. The largest absolute Gasteiger partial charge is 0.480 e. The zero-order chi connectivity index (χ0) is 61.0. The molecule has 30 nitrogen and oxygen atoms in total. The Hall–Kier alpha value is -6.86. The number of aliphatic carboxylic acids is 9. The van der Waals surface area contributed by atoms with Crippen LogP contribution >= 0.6 is 0 Å². The van der Waals surface area contributed by atoms with Crippen LogP contribution in [0.2, 0.25) is 0 Å². The molecule has 2 amide bonds. The number of carboxylic acids is 9. The van der Waals surface area contributed by atoms with Crippen LogP contribution in [0.4, 0.5) is 0 Å². The van der Waals surface area contributed by atoms with Crippen molar-refractivity contribution in [2.75, 3.05) is 92.0 Å². The highest BCUT2D eigenvalue weighted by molar-refractivity contribution is 5.80. The second kappa shape index (κ2) is 39.5. The fourth-order valence-electron chi connectivity index (χ4n) is 7.84. The van der Waals surface area contributed by atoms with E-state index in [4.69, 9.17) is 44.8 Å². The Morgan fingerprint density at radius 1 is 0.425 bits per heavy atom. The molecule has 0 aromatic rings. The Bertz CT molecular complexity index is 1810. The van der Waals surface area contributed by atoms with Crippen molar-refractivity contribution in [3.8, 4) is 0 Å². The summed E-state index contributed by atoms with van der Waals surface area (Å²) in [5.41, 5.74) is -1.28. The quantitative estimate of drug-likeness (QED) is 0.0356. The molecule has 0 rings (SSSR count). The summed E-state index contributed by atoms with van der Waals surface area (Å²) >= 11 is 0.